The average molecular weight is 198 g/mol. The van der Waals surface area contributed by atoms with E-state index in [0.29, 0.717) is 11.5 Å². The van der Waals surface area contributed by atoms with Crippen LogP contribution in [0.4, 0.5) is 0 Å². The van der Waals surface area contributed by atoms with E-state index in [4.69, 9.17) is 21.1 Å². The second kappa shape index (κ2) is 3.36. The molecule has 0 aliphatic rings. The van der Waals surface area contributed by atoms with Gasteiger partial charge in [0.05, 0.1) is 12.5 Å². The molecule has 0 bridgehead atoms. The van der Waals surface area contributed by atoms with Gasteiger partial charge < -0.3 is 9.52 Å². The Balaban J connectivity index is 2.57. The third-order valence-corrected chi connectivity index (χ3v) is 2.02. The van der Waals surface area contributed by atoms with Crippen molar-refractivity contribution < 1.29 is 9.52 Å². The van der Waals surface area contributed by atoms with Crippen LogP contribution in [-0.4, -0.2) is 10.1 Å². The van der Waals surface area contributed by atoms with Crippen molar-refractivity contribution in [2.24, 2.45) is 0 Å². The Morgan fingerprint density at radius 3 is 3.00 bits per heavy atom. The van der Waals surface area contributed by atoms with Crippen molar-refractivity contribution in [3.8, 4) is 0 Å². The first-order valence-corrected chi connectivity index (χ1v) is 4.42. The lowest BCUT2D eigenvalue weighted by molar-refractivity contribution is 0.282. The Labute approximate surface area is 80.0 Å². The third-order valence-electron chi connectivity index (χ3n) is 1.79. The van der Waals surface area contributed by atoms with Crippen molar-refractivity contribution in [3.05, 3.63) is 29.7 Å². The monoisotopic (exact) mass is 197 g/mol. The molecular formula is C9H8ClNO2. The highest BCUT2D eigenvalue weighted by Gasteiger charge is 2.04. The topological polar surface area (TPSA) is 46.3 Å². The van der Waals surface area contributed by atoms with Gasteiger partial charge in [-0.2, -0.15) is 0 Å². The summed E-state index contributed by atoms with van der Waals surface area (Å²) < 4.78 is 5.29. The van der Waals surface area contributed by atoms with Gasteiger partial charge in [-0.1, -0.05) is 6.07 Å². The van der Waals surface area contributed by atoms with Gasteiger partial charge in [0.15, 0.2) is 5.58 Å². The molecule has 2 aromatic rings. The van der Waals surface area contributed by atoms with Gasteiger partial charge in [-0.25, -0.2) is 4.98 Å². The number of fused-ring (bicyclic) bond motifs is 1. The van der Waals surface area contributed by atoms with Gasteiger partial charge in [0.25, 0.3) is 0 Å². The van der Waals surface area contributed by atoms with E-state index in [1.807, 2.05) is 0 Å². The third kappa shape index (κ3) is 1.53. The van der Waals surface area contributed by atoms with E-state index in [1.165, 1.54) is 0 Å². The van der Waals surface area contributed by atoms with Crippen molar-refractivity contribution in [1.29, 1.82) is 0 Å². The number of nitrogens with zero attached hydrogens (tertiary/aromatic N) is 1. The van der Waals surface area contributed by atoms with Crippen molar-refractivity contribution in [1.82, 2.24) is 4.98 Å². The molecule has 1 N–H and O–H groups in total. The molecular weight excluding hydrogens is 190 g/mol. The molecule has 0 aliphatic heterocycles. The number of aliphatic hydroxyl groups is 1. The van der Waals surface area contributed by atoms with Crippen molar-refractivity contribution in [2.45, 2.75) is 12.5 Å². The summed E-state index contributed by atoms with van der Waals surface area (Å²) in [4.78, 5) is 4.13. The van der Waals surface area contributed by atoms with Crippen LogP contribution in [0.25, 0.3) is 11.1 Å². The van der Waals surface area contributed by atoms with Crippen LogP contribution in [0.2, 0.25) is 0 Å². The molecule has 0 fully saturated rings. The Morgan fingerprint density at radius 1 is 1.46 bits per heavy atom. The summed E-state index contributed by atoms with van der Waals surface area (Å²) >= 11 is 5.57. The van der Waals surface area contributed by atoms with E-state index in [2.05, 4.69) is 4.98 Å². The van der Waals surface area contributed by atoms with Crippen LogP contribution in [0.1, 0.15) is 11.5 Å². The van der Waals surface area contributed by atoms with Gasteiger partial charge in [0, 0.05) is 0 Å². The minimum Gasteiger partial charge on any atom is -0.439 e. The molecule has 2 rings (SSSR count). The van der Waals surface area contributed by atoms with Crippen LogP contribution in [0.15, 0.2) is 22.6 Å². The molecule has 0 spiro atoms. The summed E-state index contributed by atoms with van der Waals surface area (Å²) in [5.74, 6) is 0.773. The average Bonchev–Trinajstić information content (AvgIpc) is 2.58. The number of hydrogen-bond acceptors (Lipinski definition) is 3. The maximum absolute atomic E-state index is 8.88. The van der Waals surface area contributed by atoms with Crippen LogP contribution < -0.4 is 0 Å². The molecule has 0 amide bonds. The maximum Gasteiger partial charge on any atom is 0.210 e. The van der Waals surface area contributed by atoms with Gasteiger partial charge in [-0.3, -0.25) is 0 Å². The Bertz CT molecular complexity index is 422. The van der Waals surface area contributed by atoms with E-state index >= 15 is 0 Å². The lowest BCUT2D eigenvalue weighted by Crippen LogP contribution is -1.81. The fraction of sp³-hybridized carbons (Fsp3) is 0.222. The van der Waals surface area contributed by atoms with Gasteiger partial charge in [0.1, 0.15) is 5.52 Å². The Kier molecular flexibility index (Phi) is 2.20. The predicted molar refractivity (Wildman–Crippen MR) is 49.5 cm³/mol. The lowest BCUT2D eigenvalue weighted by Gasteiger charge is -1.92. The fourth-order valence-electron chi connectivity index (χ4n) is 1.18. The molecule has 0 saturated heterocycles. The maximum atomic E-state index is 8.88. The van der Waals surface area contributed by atoms with E-state index in [0.717, 1.165) is 11.1 Å². The summed E-state index contributed by atoms with van der Waals surface area (Å²) in [6, 6.07) is 5.37. The first-order valence-electron chi connectivity index (χ1n) is 3.88. The zero-order valence-electron chi connectivity index (χ0n) is 6.83. The summed E-state index contributed by atoms with van der Waals surface area (Å²) in [6.07, 6.45) is 0. The molecule has 13 heavy (non-hydrogen) atoms. The number of aliphatic hydroxyl groups excluding tert-OH is 1. The number of halogens is 1. The van der Waals surface area contributed by atoms with Crippen LogP contribution in [0.3, 0.4) is 0 Å². The van der Waals surface area contributed by atoms with Crippen molar-refractivity contribution >= 4 is 22.7 Å². The molecule has 0 radical (unpaired) electrons. The van der Waals surface area contributed by atoms with E-state index in [1.54, 1.807) is 18.2 Å². The standard InChI is InChI=1S/C9H8ClNO2/c10-4-9-11-7-3-6(5-12)1-2-8(7)13-9/h1-3,12H,4-5H2. The minimum atomic E-state index is 0.0129. The first kappa shape index (κ1) is 8.53. The van der Waals surface area contributed by atoms with Gasteiger partial charge in [0.2, 0.25) is 5.89 Å². The number of oxazole rings is 1. The number of benzene rings is 1. The molecule has 68 valence electrons. The fourth-order valence-corrected chi connectivity index (χ4v) is 1.29. The largest absolute Gasteiger partial charge is 0.439 e. The van der Waals surface area contributed by atoms with E-state index < -0.39 is 0 Å². The second-order valence-electron chi connectivity index (χ2n) is 2.70. The molecule has 0 saturated carbocycles. The highest BCUT2D eigenvalue weighted by atomic mass is 35.5. The highest BCUT2D eigenvalue weighted by Crippen LogP contribution is 2.18. The van der Waals surface area contributed by atoms with E-state index in [-0.39, 0.29) is 12.5 Å². The van der Waals surface area contributed by atoms with Gasteiger partial charge in [-0.05, 0) is 17.7 Å². The normalized spacial score (nSPS) is 10.9. The van der Waals surface area contributed by atoms with Crippen LogP contribution >= 0.6 is 11.6 Å². The lowest BCUT2D eigenvalue weighted by atomic mass is 10.2. The molecule has 0 aliphatic carbocycles. The molecule has 0 unspecified atom stereocenters. The molecule has 3 nitrogen and oxygen atoms in total. The predicted octanol–water partition coefficient (Wildman–Crippen LogP) is 2.06. The SMILES string of the molecule is OCc1ccc2oc(CCl)nc2c1. The zero-order chi connectivity index (χ0) is 9.26. The first-order chi connectivity index (χ1) is 6.33. The summed E-state index contributed by atoms with van der Waals surface area (Å²) in [7, 11) is 0. The van der Waals surface area contributed by atoms with E-state index in [9.17, 15) is 0 Å². The molecule has 0 atom stereocenters. The Hall–Kier alpha value is -1.06. The minimum absolute atomic E-state index is 0.0129. The molecule has 4 heteroatoms. The van der Waals surface area contributed by atoms with Crippen LogP contribution in [-0.2, 0) is 12.5 Å². The molecule has 1 heterocycles. The quantitative estimate of drug-likeness (QED) is 0.750. The summed E-state index contributed by atoms with van der Waals surface area (Å²) in [6.45, 7) is 0.0129. The number of aromatic nitrogens is 1. The van der Waals surface area contributed by atoms with Crippen molar-refractivity contribution in [3.63, 3.8) is 0 Å². The number of rotatable bonds is 2. The molecule has 1 aromatic carbocycles. The number of hydrogen-bond donors (Lipinski definition) is 1. The summed E-state index contributed by atoms with van der Waals surface area (Å²) in [5.41, 5.74) is 2.26. The highest BCUT2D eigenvalue weighted by molar-refractivity contribution is 6.16. The number of alkyl halides is 1. The van der Waals surface area contributed by atoms with Crippen molar-refractivity contribution in [2.75, 3.05) is 0 Å². The Morgan fingerprint density at radius 2 is 2.31 bits per heavy atom. The van der Waals surface area contributed by atoms with Gasteiger partial charge >= 0.3 is 0 Å². The van der Waals surface area contributed by atoms with Crippen LogP contribution in [0, 0.1) is 0 Å². The molecule has 1 aromatic heterocycles. The van der Waals surface area contributed by atoms with Gasteiger partial charge in [-0.15, -0.1) is 11.6 Å². The summed E-state index contributed by atoms with van der Waals surface area (Å²) in [5, 5.41) is 8.88. The zero-order valence-corrected chi connectivity index (χ0v) is 7.58. The second-order valence-corrected chi connectivity index (χ2v) is 2.97. The smallest absolute Gasteiger partial charge is 0.210 e. The van der Waals surface area contributed by atoms with Crippen LogP contribution in [0.5, 0.6) is 0 Å².